The number of benzene rings is 1. The molecule has 0 aliphatic rings. The lowest BCUT2D eigenvalue weighted by Gasteiger charge is -2.30. The second kappa shape index (κ2) is 7.73. The van der Waals surface area contributed by atoms with Crippen LogP contribution in [-0.4, -0.2) is 40.0 Å². The van der Waals surface area contributed by atoms with Gasteiger partial charge in [0, 0.05) is 29.8 Å². The molecule has 0 atom stereocenters. The third-order valence-electron chi connectivity index (χ3n) is 3.64. The molecule has 0 saturated carbocycles. The Bertz CT molecular complexity index is 512. The molecule has 1 N–H and O–H groups in total. The quantitative estimate of drug-likeness (QED) is 0.618. The molecule has 0 radical (unpaired) electrons. The van der Waals surface area contributed by atoms with Crippen molar-refractivity contribution in [2.45, 2.75) is 39.7 Å². The number of nitrogens with zero attached hydrogens (tertiary/aromatic N) is 2. The van der Waals surface area contributed by atoms with Crippen molar-refractivity contribution in [2.75, 3.05) is 13.2 Å². The maximum absolute atomic E-state index is 12.6. The number of rotatable bonds is 7. The molecule has 21 heavy (non-hydrogen) atoms. The van der Waals surface area contributed by atoms with Crippen LogP contribution >= 0.6 is 0 Å². The minimum atomic E-state index is -0.486. The van der Waals surface area contributed by atoms with E-state index in [9.17, 15) is 14.9 Å². The van der Waals surface area contributed by atoms with Crippen LogP contribution in [0.5, 0.6) is 0 Å². The predicted molar refractivity (Wildman–Crippen MR) is 80.3 cm³/mol. The van der Waals surface area contributed by atoms with Crippen LogP contribution < -0.4 is 0 Å². The third kappa shape index (κ3) is 4.01. The highest BCUT2D eigenvalue weighted by molar-refractivity contribution is 5.95. The fourth-order valence-corrected chi connectivity index (χ4v) is 2.39. The van der Waals surface area contributed by atoms with Crippen molar-refractivity contribution in [1.82, 2.24) is 4.90 Å². The molecule has 6 heteroatoms. The SMILES string of the molecule is CCC(CC)N(CCO)C(=O)c1ccc(C)c([N+](=O)[O-])c1. The van der Waals surface area contributed by atoms with E-state index in [0.717, 1.165) is 12.8 Å². The molecule has 0 bridgehead atoms. The fourth-order valence-electron chi connectivity index (χ4n) is 2.39. The highest BCUT2D eigenvalue weighted by atomic mass is 16.6. The summed E-state index contributed by atoms with van der Waals surface area (Å²) in [6.07, 6.45) is 1.55. The first-order valence-electron chi connectivity index (χ1n) is 7.13. The van der Waals surface area contributed by atoms with Gasteiger partial charge in [0.25, 0.3) is 11.6 Å². The summed E-state index contributed by atoms with van der Waals surface area (Å²) < 4.78 is 0. The van der Waals surface area contributed by atoms with E-state index in [2.05, 4.69) is 0 Å². The Kier molecular flexibility index (Phi) is 6.30. The van der Waals surface area contributed by atoms with Crippen LogP contribution in [0.2, 0.25) is 0 Å². The molecule has 1 aromatic carbocycles. The third-order valence-corrected chi connectivity index (χ3v) is 3.64. The van der Waals surface area contributed by atoms with Crippen molar-refractivity contribution in [3.05, 3.63) is 39.4 Å². The van der Waals surface area contributed by atoms with E-state index >= 15 is 0 Å². The van der Waals surface area contributed by atoms with Crippen molar-refractivity contribution in [1.29, 1.82) is 0 Å². The van der Waals surface area contributed by atoms with Crippen LogP contribution in [0.4, 0.5) is 5.69 Å². The Labute approximate surface area is 124 Å². The topological polar surface area (TPSA) is 83.7 Å². The van der Waals surface area contributed by atoms with Gasteiger partial charge < -0.3 is 10.0 Å². The number of nitro groups is 1. The standard InChI is InChI=1S/C15H22N2O4/c1-4-13(5-2)16(8-9-18)15(19)12-7-6-11(3)14(10-12)17(20)21/h6-7,10,13,18H,4-5,8-9H2,1-3H3. The number of carbonyl (C=O) groups is 1. The monoisotopic (exact) mass is 294 g/mol. The zero-order valence-electron chi connectivity index (χ0n) is 12.7. The van der Waals surface area contributed by atoms with Gasteiger partial charge in [-0.15, -0.1) is 0 Å². The summed E-state index contributed by atoms with van der Waals surface area (Å²) in [6.45, 7) is 5.69. The van der Waals surface area contributed by atoms with Crippen LogP contribution in [0.3, 0.4) is 0 Å². The van der Waals surface area contributed by atoms with Crippen molar-refractivity contribution >= 4 is 11.6 Å². The molecule has 0 aliphatic carbocycles. The van der Waals surface area contributed by atoms with E-state index in [-0.39, 0.29) is 36.4 Å². The van der Waals surface area contributed by atoms with Gasteiger partial charge in [-0.1, -0.05) is 19.9 Å². The van der Waals surface area contributed by atoms with E-state index in [0.29, 0.717) is 5.56 Å². The number of aliphatic hydroxyl groups excluding tert-OH is 1. The zero-order chi connectivity index (χ0) is 16.0. The second-order valence-corrected chi connectivity index (χ2v) is 4.95. The average molecular weight is 294 g/mol. The van der Waals surface area contributed by atoms with E-state index in [1.54, 1.807) is 24.0 Å². The van der Waals surface area contributed by atoms with Gasteiger partial charge in [0.15, 0.2) is 0 Å². The smallest absolute Gasteiger partial charge is 0.273 e. The molecule has 0 heterocycles. The van der Waals surface area contributed by atoms with Gasteiger partial charge >= 0.3 is 0 Å². The molecule has 1 aromatic rings. The number of nitro benzene ring substituents is 1. The van der Waals surface area contributed by atoms with Gasteiger partial charge in [-0.3, -0.25) is 14.9 Å². The normalized spacial score (nSPS) is 10.7. The summed E-state index contributed by atoms with van der Waals surface area (Å²) in [4.78, 5) is 24.7. The van der Waals surface area contributed by atoms with Crippen LogP contribution in [0.1, 0.15) is 42.6 Å². The van der Waals surface area contributed by atoms with Crippen molar-refractivity contribution in [3.8, 4) is 0 Å². The number of aryl methyl sites for hydroxylation is 1. The van der Waals surface area contributed by atoms with Gasteiger partial charge in [0.2, 0.25) is 0 Å². The molecule has 1 amide bonds. The number of hydrogen-bond acceptors (Lipinski definition) is 4. The molecule has 0 aromatic heterocycles. The highest BCUT2D eigenvalue weighted by Crippen LogP contribution is 2.21. The number of aliphatic hydroxyl groups is 1. The molecule has 116 valence electrons. The predicted octanol–water partition coefficient (Wildman–Crippen LogP) is 2.53. The molecule has 0 saturated heterocycles. The maximum atomic E-state index is 12.6. The summed E-state index contributed by atoms with van der Waals surface area (Å²) in [5.74, 6) is -0.277. The summed E-state index contributed by atoms with van der Waals surface area (Å²) in [6, 6.07) is 4.50. The summed E-state index contributed by atoms with van der Waals surface area (Å²) in [7, 11) is 0. The van der Waals surface area contributed by atoms with E-state index in [1.807, 2.05) is 13.8 Å². The van der Waals surface area contributed by atoms with E-state index in [1.165, 1.54) is 6.07 Å². The Morgan fingerprint density at radius 1 is 1.38 bits per heavy atom. The molecular weight excluding hydrogens is 272 g/mol. The number of hydrogen-bond donors (Lipinski definition) is 1. The lowest BCUT2D eigenvalue weighted by molar-refractivity contribution is -0.385. The van der Waals surface area contributed by atoms with Crippen LogP contribution in [0.25, 0.3) is 0 Å². The maximum Gasteiger partial charge on any atom is 0.273 e. The first kappa shape index (κ1) is 17.1. The van der Waals surface area contributed by atoms with Gasteiger partial charge in [-0.2, -0.15) is 0 Å². The minimum Gasteiger partial charge on any atom is -0.395 e. The largest absolute Gasteiger partial charge is 0.395 e. The molecular formula is C15H22N2O4. The van der Waals surface area contributed by atoms with Crippen molar-refractivity contribution in [3.63, 3.8) is 0 Å². The fraction of sp³-hybridized carbons (Fsp3) is 0.533. The van der Waals surface area contributed by atoms with Crippen LogP contribution in [-0.2, 0) is 0 Å². The Morgan fingerprint density at radius 2 is 2.00 bits per heavy atom. The van der Waals surface area contributed by atoms with Crippen molar-refractivity contribution in [2.24, 2.45) is 0 Å². The Morgan fingerprint density at radius 3 is 2.48 bits per heavy atom. The van der Waals surface area contributed by atoms with Gasteiger partial charge in [-0.05, 0) is 25.8 Å². The van der Waals surface area contributed by atoms with Crippen molar-refractivity contribution < 1.29 is 14.8 Å². The first-order chi connectivity index (χ1) is 9.96. The summed E-state index contributed by atoms with van der Waals surface area (Å²) >= 11 is 0. The van der Waals surface area contributed by atoms with Crippen LogP contribution in [0.15, 0.2) is 18.2 Å². The first-order valence-corrected chi connectivity index (χ1v) is 7.13. The highest BCUT2D eigenvalue weighted by Gasteiger charge is 2.24. The lowest BCUT2D eigenvalue weighted by atomic mass is 10.1. The molecule has 1 rings (SSSR count). The summed E-state index contributed by atoms with van der Waals surface area (Å²) in [5, 5.41) is 20.1. The average Bonchev–Trinajstić information content (AvgIpc) is 2.47. The number of amides is 1. The van der Waals surface area contributed by atoms with Gasteiger partial charge in [0.05, 0.1) is 11.5 Å². The second-order valence-electron chi connectivity index (χ2n) is 4.95. The zero-order valence-corrected chi connectivity index (χ0v) is 12.7. The Balaban J connectivity index is 3.14. The molecule has 6 nitrogen and oxygen atoms in total. The molecule has 0 fully saturated rings. The van der Waals surface area contributed by atoms with Gasteiger partial charge in [0.1, 0.15) is 0 Å². The Hall–Kier alpha value is -1.95. The van der Waals surface area contributed by atoms with Crippen LogP contribution in [0, 0.1) is 17.0 Å². The summed E-state index contributed by atoms with van der Waals surface area (Å²) in [5.41, 5.74) is 0.745. The van der Waals surface area contributed by atoms with Gasteiger partial charge in [-0.25, -0.2) is 0 Å². The minimum absolute atomic E-state index is 0.0185. The molecule has 0 spiro atoms. The molecule has 0 aliphatic heterocycles. The number of carbonyl (C=O) groups excluding carboxylic acids is 1. The lowest BCUT2D eigenvalue weighted by Crippen LogP contribution is -2.41. The van der Waals surface area contributed by atoms with E-state index < -0.39 is 4.92 Å². The van der Waals surface area contributed by atoms with E-state index in [4.69, 9.17) is 5.11 Å². The molecule has 0 unspecified atom stereocenters.